The first-order valence-corrected chi connectivity index (χ1v) is 6.64. The third-order valence-corrected chi connectivity index (χ3v) is 3.38. The van der Waals surface area contributed by atoms with Crippen LogP contribution >= 0.6 is 0 Å². The van der Waals surface area contributed by atoms with Gasteiger partial charge in [0.1, 0.15) is 5.69 Å². The van der Waals surface area contributed by atoms with Gasteiger partial charge in [0.2, 0.25) is 0 Å². The molecule has 1 heterocycles. The highest BCUT2D eigenvalue weighted by Crippen LogP contribution is 2.29. The van der Waals surface area contributed by atoms with E-state index < -0.39 is 17.5 Å². The second kappa shape index (κ2) is 5.68. The molecule has 7 heteroatoms. The standard InChI is InChI=1S/C16H10F3N3O/c1-9-2-4-10(5-3-9)22-16(13(8-23)20-21-22)11-6-7-12(17)15(19)14(11)18/h2-8H,1H3. The lowest BCUT2D eigenvalue weighted by Crippen LogP contribution is -2.03. The van der Waals surface area contributed by atoms with Crippen LogP contribution in [0.5, 0.6) is 0 Å². The average Bonchev–Trinajstić information content (AvgIpc) is 2.97. The van der Waals surface area contributed by atoms with Gasteiger partial charge in [-0.15, -0.1) is 5.10 Å². The summed E-state index contributed by atoms with van der Waals surface area (Å²) in [6.07, 6.45) is 0.383. The summed E-state index contributed by atoms with van der Waals surface area (Å²) in [6, 6.07) is 8.81. The molecule has 0 fully saturated rings. The van der Waals surface area contributed by atoms with Gasteiger partial charge < -0.3 is 0 Å². The number of benzene rings is 2. The second-order valence-corrected chi connectivity index (χ2v) is 4.91. The van der Waals surface area contributed by atoms with Crippen LogP contribution in [0.25, 0.3) is 16.9 Å². The summed E-state index contributed by atoms with van der Waals surface area (Å²) in [4.78, 5) is 11.2. The lowest BCUT2D eigenvalue weighted by molar-refractivity contribution is 0.111. The van der Waals surface area contributed by atoms with Crippen LogP contribution in [0.1, 0.15) is 16.1 Å². The minimum atomic E-state index is -1.61. The minimum absolute atomic E-state index is 0.0414. The Morgan fingerprint density at radius 1 is 1.00 bits per heavy atom. The van der Waals surface area contributed by atoms with Gasteiger partial charge in [-0.25, -0.2) is 17.9 Å². The molecule has 0 amide bonds. The van der Waals surface area contributed by atoms with E-state index in [2.05, 4.69) is 10.3 Å². The number of nitrogens with zero attached hydrogens (tertiary/aromatic N) is 3. The SMILES string of the molecule is Cc1ccc(-n2nnc(C=O)c2-c2ccc(F)c(F)c2F)cc1. The molecule has 0 saturated heterocycles. The molecule has 0 aliphatic heterocycles. The summed E-state index contributed by atoms with van der Waals surface area (Å²) >= 11 is 0. The maximum absolute atomic E-state index is 14.1. The number of aldehydes is 1. The third kappa shape index (κ3) is 2.50. The molecule has 0 spiro atoms. The van der Waals surface area contributed by atoms with Gasteiger partial charge >= 0.3 is 0 Å². The van der Waals surface area contributed by atoms with Crippen LogP contribution in [0.4, 0.5) is 13.2 Å². The molecule has 23 heavy (non-hydrogen) atoms. The van der Waals surface area contributed by atoms with E-state index in [1.807, 2.05) is 6.92 Å². The van der Waals surface area contributed by atoms with Crippen LogP contribution < -0.4 is 0 Å². The zero-order chi connectivity index (χ0) is 16.6. The molecule has 2 aromatic carbocycles. The summed E-state index contributed by atoms with van der Waals surface area (Å²) in [5.41, 5.74) is 0.993. The molecule has 3 aromatic rings. The van der Waals surface area contributed by atoms with Crippen molar-refractivity contribution >= 4 is 6.29 Å². The summed E-state index contributed by atoms with van der Waals surface area (Å²) in [6.45, 7) is 1.89. The number of aromatic nitrogens is 3. The fraction of sp³-hybridized carbons (Fsp3) is 0.0625. The van der Waals surface area contributed by atoms with Crippen molar-refractivity contribution in [3.8, 4) is 16.9 Å². The molecule has 0 radical (unpaired) electrons. The van der Waals surface area contributed by atoms with Crippen LogP contribution in [0.2, 0.25) is 0 Å². The van der Waals surface area contributed by atoms with Crippen molar-refractivity contribution in [3.63, 3.8) is 0 Å². The number of carbonyl (C=O) groups is 1. The van der Waals surface area contributed by atoms with Crippen molar-refractivity contribution in [2.45, 2.75) is 6.92 Å². The minimum Gasteiger partial charge on any atom is -0.296 e. The average molecular weight is 317 g/mol. The topological polar surface area (TPSA) is 47.8 Å². The number of halogens is 3. The maximum Gasteiger partial charge on any atom is 0.195 e. The first-order chi connectivity index (χ1) is 11.0. The van der Waals surface area contributed by atoms with Gasteiger partial charge in [0.15, 0.2) is 29.4 Å². The molecule has 0 N–H and O–H groups in total. The molecule has 0 aliphatic rings. The van der Waals surface area contributed by atoms with E-state index in [0.29, 0.717) is 12.0 Å². The Labute approximate surface area is 129 Å². The van der Waals surface area contributed by atoms with Crippen LogP contribution in [0.15, 0.2) is 36.4 Å². The van der Waals surface area contributed by atoms with E-state index >= 15 is 0 Å². The van der Waals surface area contributed by atoms with Gasteiger partial charge in [0.05, 0.1) is 5.69 Å². The first kappa shape index (κ1) is 15.0. The highest BCUT2D eigenvalue weighted by atomic mass is 19.2. The Balaban J connectivity index is 2.27. The first-order valence-electron chi connectivity index (χ1n) is 6.64. The highest BCUT2D eigenvalue weighted by Gasteiger charge is 2.22. The van der Waals surface area contributed by atoms with Crippen molar-refractivity contribution in [1.29, 1.82) is 0 Å². The van der Waals surface area contributed by atoms with E-state index in [9.17, 15) is 18.0 Å². The van der Waals surface area contributed by atoms with Crippen molar-refractivity contribution in [1.82, 2.24) is 15.0 Å². The lowest BCUT2D eigenvalue weighted by atomic mass is 10.1. The largest absolute Gasteiger partial charge is 0.296 e. The summed E-state index contributed by atoms with van der Waals surface area (Å²) in [5.74, 6) is -4.33. The Morgan fingerprint density at radius 2 is 1.70 bits per heavy atom. The Kier molecular flexibility index (Phi) is 3.69. The zero-order valence-corrected chi connectivity index (χ0v) is 11.9. The van der Waals surface area contributed by atoms with Crippen LogP contribution in [0.3, 0.4) is 0 Å². The number of hydrogen-bond donors (Lipinski definition) is 0. The summed E-state index contributed by atoms with van der Waals surface area (Å²) in [7, 11) is 0. The molecule has 3 rings (SSSR count). The quantitative estimate of drug-likeness (QED) is 0.549. The summed E-state index contributed by atoms with van der Waals surface area (Å²) in [5, 5.41) is 7.47. The summed E-state index contributed by atoms with van der Waals surface area (Å²) < 4.78 is 42.0. The molecule has 0 bridgehead atoms. The number of hydrogen-bond acceptors (Lipinski definition) is 3. The van der Waals surface area contributed by atoms with E-state index in [0.717, 1.165) is 17.7 Å². The molecule has 0 unspecified atom stereocenters. The molecule has 116 valence electrons. The smallest absolute Gasteiger partial charge is 0.195 e. The molecular formula is C16H10F3N3O. The van der Waals surface area contributed by atoms with Crippen LogP contribution in [0, 0.1) is 24.4 Å². The molecule has 1 aromatic heterocycles. The molecule has 0 atom stereocenters. The predicted octanol–water partition coefficient (Wildman–Crippen LogP) is 3.47. The monoisotopic (exact) mass is 317 g/mol. The number of carbonyl (C=O) groups excluding carboxylic acids is 1. The zero-order valence-electron chi connectivity index (χ0n) is 11.9. The van der Waals surface area contributed by atoms with Gasteiger partial charge in [-0.3, -0.25) is 4.79 Å². The van der Waals surface area contributed by atoms with Crippen molar-refractivity contribution in [2.24, 2.45) is 0 Å². The second-order valence-electron chi connectivity index (χ2n) is 4.91. The van der Waals surface area contributed by atoms with E-state index in [-0.39, 0.29) is 17.0 Å². The van der Waals surface area contributed by atoms with Gasteiger partial charge in [-0.1, -0.05) is 22.9 Å². The fourth-order valence-electron chi connectivity index (χ4n) is 2.20. The van der Waals surface area contributed by atoms with E-state index in [4.69, 9.17) is 0 Å². The maximum atomic E-state index is 14.1. The van der Waals surface area contributed by atoms with Gasteiger partial charge in [0, 0.05) is 5.56 Å². The van der Waals surface area contributed by atoms with Gasteiger partial charge in [-0.2, -0.15) is 0 Å². The third-order valence-electron chi connectivity index (χ3n) is 3.38. The van der Waals surface area contributed by atoms with E-state index in [1.165, 1.54) is 4.68 Å². The van der Waals surface area contributed by atoms with Gasteiger partial charge in [-0.05, 0) is 31.2 Å². The van der Waals surface area contributed by atoms with Crippen molar-refractivity contribution < 1.29 is 18.0 Å². The van der Waals surface area contributed by atoms with Crippen LogP contribution in [-0.2, 0) is 0 Å². The molecule has 0 saturated carbocycles. The lowest BCUT2D eigenvalue weighted by Gasteiger charge is -2.09. The molecule has 0 aliphatic carbocycles. The number of rotatable bonds is 3. The highest BCUT2D eigenvalue weighted by molar-refractivity contribution is 5.84. The Morgan fingerprint density at radius 3 is 2.35 bits per heavy atom. The Hall–Kier alpha value is -2.96. The number of aryl methyl sites for hydroxylation is 1. The van der Waals surface area contributed by atoms with Crippen molar-refractivity contribution in [2.75, 3.05) is 0 Å². The van der Waals surface area contributed by atoms with Crippen molar-refractivity contribution in [3.05, 3.63) is 65.1 Å². The van der Waals surface area contributed by atoms with E-state index in [1.54, 1.807) is 24.3 Å². The molecule has 4 nitrogen and oxygen atoms in total. The molecular weight excluding hydrogens is 307 g/mol. The normalized spacial score (nSPS) is 10.8. The fourth-order valence-corrected chi connectivity index (χ4v) is 2.20. The van der Waals surface area contributed by atoms with Crippen LogP contribution in [-0.4, -0.2) is 21.3 Å². The Bertz CT molecular complexity index is 888. The predicted molar refractivity (Wildman–Crippen MR) is 76.8 cm³/mol. The van der Waals surface area contributed by atoms with Gasteiger partial charge in [0.25, 0.3) is 0 Å².